The minimum Gasteiger partial charge on any atom is -0.354 e. The highest BCUT2D eigenvalue weighted by Crippen LogP contribution is 2.26. The van der Waals surface area contributed by atoms with Gasteiger partial charge in [0.2, 0.25) is 0 Å². The number of rotatable bonds is 4. The molecule has 0 N–H and O–H groups in total. The van der Waals surface area contributed by atoms with E-state index < -0.39 is 0 Å². The zero-order chi connectivity index (χ0) is 17.3. The van der Waals surface area contributed by atoms with Gasteiger partial charge in [-0.15, -0.1) is 21.5 Å². The van der Waals surface area contributed by atoms with Crippen LogP contribution in [0.5, 0.6) is 0 Å². The first kappa shape index (κ1) is 17.2. The molecule has 0 aliphatic carbocycles. The zero-order valence-corrected chi connectivity index (χ0v) is 16.0. The molecular weight excluding hydrogens is 320 g/mol. The third-order valence-corrected chi connectivity index (χ3v) is 5.47. The molecule has 130 valence electrons. The highest BCUT2D eigenvalue weighted by Gasteiger charge is 2.25. The fourth-order valence-corrected chi connectivity index (χ4v) is 3.76. The summed E-state index contributed by atoms with van der Waals surface area (Å²) in [5, 5.41) is 10.6. The summed E-state index contributed by atoms with van der Waals surface area (Å²) < 4.78 is 0. The van der Waals surface area contributed by atoms with Gasteiger partial charge in [-0.25, -0.2) is 9.97 Å². The molecule has 3 rings (SSSR count). The van der Waals surface area contributed by atoms with E-state index in [2.05, 4.69) is 51.8 Å². The van der Waals surface area contributed by atoms with Crippen LogP contribution in [0.2, 0.25) is 0 Å². The van der Waals surface area contributed by atoms with Gasteiger partial charge in [-0.3, -0.25) is 4.90 Å². The lowest BCUT2D eigenvalue weighted by Crippen LogP contribution is -2.47. The molecule has 0 amide bonds. The Balaban J connectivity index is 1.67. The van der Waals surface area contributed by atoms with Gasteiger partial charge in [0.25, 0.3) is 0 Å². The zero-order valence-electron chi connectivity index (χ0n) is 15.2. The molecule has 1 fully saturated rings. The monoisotopic (exact) mass is 346 g/mol. The van der Waals surface area contributed by atoms with Crippen LogP contribution in [-0.4, -0.2) is 51.2 Å². The molecular formula is C17H26N6S. The van der Waals surface area contributed by atoms with Crippen molar-refractivity contribution in [3.8, 4) is 0 Å². The summed E-state index contributed by atoms with van der Waals surface area (Å²) in [6.07, 6.45) is 0. The van der Waals surface area contributed by atoms with Crippen molar-refractivity contribution < 1.29 is 0 Å². The van der Waals surface area contributed by atoms with Gasteiger partial charge in [0.1, 0.15) is 21.7 Å². The summed E-state index contributed by atoms with van der Waals surface area (Å²) in [6, 6.07) is 2.43. The lowest BCUT2D eigenvalue weighted by molar-refractivity contribution is 0.197. The molecule has 0 spiro atoms. The van der Waals surface area contributed by atoms with E-state index in [0.717, 1.165) is 53.5 Å². The first-order valence-electron chi connectivity index (χ1n) is 8.58. The second kappa shape index (κ2) is 7.11. The van der Waals surface area contributed by atoms with E-state index in [9.17, 15) is 0 Å². The normalized spacial score (nSPS) is 17.5. The fraction of sp³-hybridized carbons (Fsp3) is 0.647. The number of anilines is 1. The van der Waals surface area contributed by atoms with Crippen molar-refractivity contribution in [1.29, 1.82) is 0 Å². The van der Waals surface area contributed by atoms with Crippen molar-refractivity contribution in [3.05, 3.63) is 27.6 Å². The van der Waals surface area contributed by atoms with E-state index in [1.54, 1.807) is 11.3 Å². The molecule has 7 heteroatoms. The summed E-state index contributed by atoms with van der Waals surface area (Å²) in [6.45, 7) is 14.6. The van der Waals surface area contributed by atoms with Crippen molar-refractivity contribution in [2.75, 3.05) is 31.1 Å². The maximum atomic E-state index is 4.76. The summed E-state index contributed by atoms with van der Waals surface area (Å²) in [7, 11) is 0. The first-order chi connectivity index (χ1) is 11.4. The van der Waals surface area contributed by atoms with E-state index in [1.807, 2.05) is 13.8 Å². The number of piperazine rings is 1. The van der Waals surface area contributed by atoms with Gasteiger partial charge < -0.3 is 4.90 Å². The van der Waals surface area contributed by atoms with Crippen molar-refractivity contribution in [2.45, 2.75) is 46.6 Å². The smallest absolute Gasteiger partial charge is 0.134 e. The van der Waals surface area contributed by atoms with Gasteiger partial charge in [0, 0.05) is 43.9 Å². The van der Waals surface area contributed by atoms with E-state index in [1.165, 1.54) is 0 Å². The van der Waals surface area contributed by atoms with E-state index in [0.29, 0.717) is 12.0 Å². The predicted molar refractivity (Wildman–Crippen MR) is 97.7 cm³/mol. The van der Waals surface area contributed by atoms with Gasteiger partial charge in [0.05, 0.1) is 6.04 Å². The molecule has 1 atom stereocenters. The van der Waals surface area contributed by atoms with Crippen molar-refractivity contribution in [3.63, 3.8) is 0 Å². The Morgan fingerprint density at radius 1 is 1.00 bits per heavy atom. The molecule has 6 nitrogen and oxygen atoms in total. The van der Waals surface area contributed by atoms with Crippen LogP contribution in [0.4, 0.5) is 5.82 Å². The number of aromatic nitrogens is 4. The molecule has 0 bridgehead atoms. The Labute approximate surface area is 148 Å². The Hall–Kier alpha value is -1.60. The SMILES string of the molecule is Cc1cc(N2CCN([C@H](C)c3nnc(C)s3)CC2)nc(C(C)C)n1. The average Bonchev–Trinajstić information content (AvgIpc) is 3.00. The summed E-state index contributed by atoms with van der Waals surface area (Å²) in [5.41, 5.74) is 1.05. The lowest BCUT2D eigenvalue weighted by Gasteiger charge is -2.38. The number of nitrogens with zero attached hydrogens (tertiary/aromatic N) is 6. The van der Waals surface area contributed by atoms with Crippen LogP contribution < -0.4 is 4.90 Å². The van der Waals surface area contributed by atoms with E-state index in [4.69, 9.17) is 4.98 Å². The largest absolute Gasteiger partial charge is 0.354 e. The molecule has 3 heterocycles. The van der Waals surface area contributed by atoms with Gasteiger partial charge in [-0.05, 0) is 20.8 Å². The van der Waals surface area contributed by atoms with Crippen LogP contribution in [-0.2, 0) is 0 Å². The van der Waals surface area contributed by atoms with Crippen molar-refractivity contribution in [2.24, 2.45) is 0 Å². The Kier molecular flexibility index (Phi) is 5.10. The third kappa shape index (κ3) is 3.72. The third-order valence-electron chi connectivity index (χ3n) is 4.46. The fourth-order valence-electron chi connectivity index (χ4n) is 2.97. The average molecular weight is 347 g/mol. The standard InChI is InChI=1S/C17H26N6S/c1-11(2)16-18-12(3)10-15(19-16)23-8-6-22(7-9-23)13(4)17-21-20-14(5)24-17/h10-11,13H,6-9H2,1-5H3/t13-/m1/s1. The van der Waals surface area contributed by atoms with Crippen molar-refractivity contribution in [1.82, 2.24) is 25.1 Å². The molecule has 1 saturated heterocycles. The maximum Gasteiger partial charge on any atom is 0.134 e. The summed E-state index contributed by atoms with van der Waals surface area (Å²) in [5.74, 6) is 2.35. The number of hydrogen-bond donors (Lipinski definition) is 0. The summed E-state index contributed by atoms with van der Waals surface area (Å²) in [4.78, 5) is 14.2. The minimum absolute atomic E-state index is 0.330. The Morgan fingerprint density at radius 3 is 2.29 bits per heavy atom. The van der Waals surface area contributed by atoms with Crippen LogP contribution in [0.25, 0.3) is 0 Å². The van der Waals surface area contributed by atoms with Crippen molar-refractivity contribution >= 4 is 17.2 Å². The van der Waals surface area contributed by atoms with Crippen LogP contribution in [0.1, 0.15) is 54.3 Å². The topological polar surface area (TPSA) is 58.0 Å². The molecule has 2 aromatic heterocycles. The highest BCUT2D eigenvalue weighted by molar-refractivity contribution is 7.11. The predicted octanol–water partition coefficient (Wildman–Crippen LogP) is 2.95. The maximum absolute atomic E-state index is 4.76. The molecule has 1 aliphatic heterocycles. The van der Waals surface area contributed by atoms with Gasteiger partial charge >= 0.3 is 0 Å². The lowest BCUT2D eigenvalue weighted by atomic mass is 10.2. The summed E-state index contributed by atoms with van der Waals surface area (Å²) >= 11 is 1.70. The highest BCUT2D eigenvalue weighted by atomic mass is 32.1. The second-order valence-electron chi connectivity index (χ2n) is 6.74. The van der Waals surface area contributed by atoms with E-state index >= 15 is 0 Å². The van der Waals surface area contributed by atoms with Crippen LogP contribution in [0.3, 0.4) is 0 Å². The molecule has 0 aromatic carbocycles. The van der Waals surface area contributed by atoms with Crippen LogP contribution in [0.15, 0.2) is 6.07 Å². The second-order valence-corrected chi connectivity index (χ2v) is 7.95. The van der Waals surface area contributed by atoms with Gasteiger partial charge in [-0.1, -0.05) is 13.8 Å². The first-order valence-corrected chi connectivity index (χ1v) is 9.40. The Bertz CT molecular complexity index is 690. The number of hydrogen-bond acceptors (Lipinski definition) is 7. The molecule has 24 heavy (non-hydrogen) atoms. The molecule has 1 aliphatic rings. The molecule has 2 aromatic rings. The van der Waals surface area contributed by atoms with Gasteiger partial charge in [0.15, 0.2) is 0 Å². The quantitative estimate of drug-likeness (QED) is 0.848. The Morgan fingerprint density at radius 2 is 1.71 bits per heavy atom. The molecule has 0 unspecified atom stereocenters. The minimum atomic E-state index is 0.330. The molecule has 0 saturated carbocycles. The number of aryl methyl sites for hydroxylation is 2. The van der Waals surface area contributed by atoms with Crippen LogP contribution in [0, 0.1) is 13.8 Å². The van der Waals surface area contributed by atoms with Gasteiger partial charge in [-0.2, -0.15) is 0 Å². The van der Waals surface area contributed by atoms with Crippen LogP contribution >= 0.6 is 11.3 Å². The van der Waals surface area contributed by atoms with E-state index in [-0.39, 0.29) is 0 Å². The molecule has 0 radical (unpaired) electrons.